The number of ether oxygens (including phenoxy) is 1. The van der Waals surface area contributed by atoms with Gasteiger partial charge in [-0.15, -0.1) is 0 Å². The number of aromatic nitrogens is 2. The van der Waals surface area contributed by atoms with Crippen LogP contribution >= 0.6 is 0 Å². The normalized spacial score (nSPS) is 12.2. The molecular weight excluding hydrogens is 636 g/mol. The van der Waals surface area contributed by atoms with Gasteiger partial charge in [-0.05, 0) is 35.2 Å². The number of hydrogen-bond acceptors (Lipinski definition) is 5. The molecule has 5 aromatic carbocycles. The Labute approximate surface area is 279 Å². The molecule has 49 heavy (non-hydrogen) atoms. The Morgan fingerprint density at radius 3 is 1.78 bits per heavy atom. The third kappa shape index (κ3) is 6.38. The molecule has 0 radical (unpaired) electrons. The summed E-state index contributed by atoms with van der Waals surface area (Å²) < 4.78 is 65.1. The number of aryl methyl sites for hydroxylation is 1. The predicted octanol–water partition coefficient (Wildman–Crippen LogP) is 6.95. The highest BCUT2D eigenvalue weighted by atomic mass is 19.2. The van der Waals surface area contributed by atoms with E-state index in [-0.39, 0.29) is 12.8 Å². The molecule has 0 spiro atoms. The van der Waals surface area contributed by atoms with Gasteiger partial charge in [-0.1, -0.05) is 103 Å². The molecule has 6 aromatic rings. The maximum atomic E-state index is 15.0. The fourth-order valence-electron chi connectivity index (χ4n) is 5.94. The number of rotatable bonds is 12. The van der Waals surface area contributed by atoms with Gasteiger partial charge in [0.1, 0.15) is 5.82 Å². The molecule has 6 rings (SSSR count). The molecule has 0 bridgehead atoms. The molecular formula is C38H32F4N4O3. The van der Waals surface area contributed by atoms with Crippen LogP contribution in [-0.2, 0) is 28.2 Å². The molecule has 1 amide bonds. The smallest absolute Gasteiger partial charge is 0.260 e. The Bertz CT molecular complexity index is 1950. The number of carbonyl (C=O) groups is 1. The first-order chi connectivity index (χ1) is 23.8. The lowest BCUT2D eigenvalue weighted by atomic mass is 9.80. The van der Waals surface area contributed by atoms with Crippen molar-refractivity contribution in [2.24, 2.45) is 5.73 Å². The van der Waals surface area contributed by atoms with Crippen LogP contribution < -0.4 is 16.0 Å². The van der Waals surface area contributed by atoms with E-state index < -0.39 is 58.7 Å². The summed E-state index contributed by atoms with van der Waals surface area (Å²) in [5.74, 6) is -7.90. The number of nitrogens with one attached hydrogen (secondary N) is 1. The van der Waals surface area contributed by atoms with Gasteiger partial charge in [-0.3, -0.25) is 9.63 Å². The molecule has 0 aliphatic heterocycles. The second kappa shape index (κ2) is 14.3. The van der Waals surface area contributed by atoms with Crippen LogP contribution in [0.3, 0.4) is 0 Å². The SMILES string of the molecule is COc1c(F)c(F)c(Cn2c(CC[C@H](N)C(=O)NOC(c3ccccc3)(c3ccccc3)c3ccccc3)nc3ccccc32)c(F)c1F. The number of imidazole rings is 1. The standard InChI is InChI=1S/C38H32F4N4O3/c1-48-36-34(41)32(39)27(33(40)35(36)42)23-46-30-20-12-11-19-29(30)44-31(46)22-21-28(43)37(47)45-49-38(24-13-5-2-6-14-24,25-15-7-3-8-16-25)26-17-9-4-10-18-26/h2-20,28H,21-23,43H2,1H3,(H,45,47)/t28-/m0/s1. The molecule has 0 saturated heterocycles. The highest BCUT2D eigenvalue weighted by Crippen LogP contribution is 2.39. The van der Waals surface area contributed by atoms with Crippen LogP contribution in [0.15, 0.2) is 115 Å². The first-order valence-corrected chi connectivity index (χ1v) is 15.5. The summed E-state index contributed by atoms with van der Waals surface area (Å²) in [7, 11) is 0.914. The number of nitrogens with zero attached hydrogens (tertiary/aromatic N) is 2. The van der Waals surface area contributed by atoms with E-state index in [4.69, 9.17) is 10.6 Å². The number of nitrogens with two attached hydrogens (primary N) is 1. The molecule has 0 aliphatic carbocycles. The van der Waals surface area contributed by atoms with Crippen molar-refractivity contribution in [2.45, 2.75) is 31.0 Å². The Morgan fingerprint density at radius 2 is 1.27 bits per heavy atom. The van der Waals surface area contributed by atoms with E-state index in [0.717, 1.165) is 23.8 Å². The predicted molar refractivity (Wildman–Crippen MR) is 176 cm³/mol. The van der Waals surface area contributed by atoms with Gasteiger partial charge in [0.05, 0.1) is 30.7 Å². The van der Waals surface area contributed by atoms with E-state index in [1.165, 1.54) is 4.57 Å². The zero-order valence-electron chi connectivity index (χ0n) is 26.4. The maximum absolute atomic E-state index is 15.0. The highest BCUT2D eigenvalue weighted by Gasteiger charge is 2.39. The minimum Gasteiger partial charge on any atom is -0.491 e. The second-order valence-corrected chi connectivity index (χ2v) is 11.4. The van der Waals surface area contributed by atoms with Gasteiger partial charge >= 0.3 is 0 Å². The average molecular weight is 669 g/mol. The third-order valence-electron chi connectivity index (χ3n) is 8.43. The van der Waals surface area contributed by atoms with Crippen LogP contribution in [0.1, 0.15) is 34.5 Å². The van der Waals surface area contributed by atoms with Crippen molar-refractivity contribution < 1.29 is 31.9 Å². The maximum Gasteiger partial charge on any atom is 0.260 e. The van der Waals surface area contributed by atoms with Crippen molar-refractivity contribution in [3.63, 3.8) is 0 Å². The topological polar surface area (TPSA) is 91.4 Å². The number of halogens is 4. The van der Waals surface area contributed by atoms with Crippen LogP contribution in [-0.4, -0.2) is 28.6 Å². The van der Waals surface area contributed by atoms with Crippen LogP contribution in [0.25, 0.3) is 11.0 Å². The number of amides is 1. The van der Waals surface area contributed by atoms with Gasteiger partial charge < -0.3 is 15.0 Å². The van der Waals surface area contributed by atoms with Gasteiger partial charge in [0, 0.05) is 12.0 Å². The summed E-state index contributed by atoms with van der Waals surface area (Å²) in [4.78, 5) is 24.4. The monoisotopic (exact) mass is 668 g/mol. The van der Waals surface area contributed by atoms with Crippen molar-refractivity contribution >= 4 is 16.9 Å². The molecule has 0 unspecified atom stereocenters. The van der Waals surface area contributed by atoms with E-state index in [1.807, 2.05) is 91.0 Å². The summed E-state index contributed by atoms with van der Waals surface area (Å²) in [6, 6.07) is 34.0. The number of benzene rings is 5. The molecule has 3 N–H and O–H groups in total. The summed E-state index contributed by atoms with van der Waals surface area (Å²) in [6.07, 6.45) is 0.124. The minimum atomic E-state index is -1.64. The molecule has 1 atom stereocenters. The first-order valence-electron chi connectivity index (χ1n) is 15.5. The van der Waals surface area contributed by atoms with Crippen molar-refractivity contribution in [1.82, 2.24) is 15.0 Å². The first kappa shape index (κ1) is 33.4. The van der Waals surface area contributed by atoms with Crippen molar-refractivity contribution in [2.75, 3.05) is 7.11 Å². The van der Waals surface area contributed by atoms with E-state index in [9.17, 15) is 13.6 Å². The quantitative estimate of drug-likeness (QED) is 0.0638. The number of hydrogen-bond donors (Lipinski definition) is 2. The van der Waals surface area contributed by atoms with Crippen LogP contribution in [0.5, 0.6) is 5.75 Å². The Morgan fingerprint density at radius 1 is 0.776 bits per heavy atom. The fourth-order valence-corrected chi connectivity index (χ4v) is 5.94. The Hall–Kier alpha value is -5.52. The third-order valence-corrected chi connectivity index (χ3v) is 8.43. The molecule has 7 nitrogen and oxygen atoms in total. The highest BCUT2D eigenvalue weighted by molar-refractivity contribution is 5.80. The molecule has 0 saturated carbocycles. The molecule has 1 aromatic heterocycles. The summed E-state index contributed by atoms with van der Waals surface area (Å²) in [5, 5.41) is 0. The molecule has 1 heterocycles. The Kier molecular flexibility index (Phi) is 9.75. The van der Waals surface area contributed by atoms with Crippen LogP contribution in [0, 0.1) is 23.3 Å². The number of carbonyl (C=O) groups excluding carboxylic acids is 1. The second-order valence-electron chi connectivity index (χ2n) is 11.4. The van der Waals surface area contributed by atoms with E-state index in [1.54, 1.807) is 24.3 Å². The Balaban J connectivity index is 1.26. The zero-order valence-corrected chi connectivity index (χ0v) is 26.4. The van der Waals surface area contributed by atoms with Gasteiger partial charge in [0.15, 0.2) is 23.0 Å². The number of methoxy groups -OCH3 is 1. The van der Waals surface area contributed by atoms with Gasteiger partial charge in [-0.25, -0.2) is 19.2 Å². The van der Waals surface area contributed by atoms with Crippen LogP contribution in [0.4, 0.5) is 17.6 Å². The lowest BCUT2D eigenvalue weighted by molar-refractivity contribution is -0.145. The minimum absolute atomic E-state index is 0.0455. The fraction of sp³-hybridized carbons (Fsp3) is 0.158. The van der Waals surface area contributed by atoms with E-state index >= 15 is 8.78 Å². The lowest BCUT2D eigenvalue weighted by Gasteiger charge is -2.35. The van der Waals surface area contributed by atoms with E-state index in [2.05, 4.69) is 15.2 Å². The number of hydroxylamine groups is 1. The molecule has 0 aliphatic rings. The summed E-state index contributed by atoms with van der Waals surface area (Å²) in [6.45, 7) is -0.580. The van der Waals surface area contributed by atoms with E-state index in [0.29, 0.717) is 16.9 Å². The summed E-state index contributed by atoms with van der Waals surface area (Å²) >= 11 is 0. The molecule has 11 heteroatoms. The van der Waals surface area contributed by atoms with Gasteiger partial charge in [0.25, 0.3) is 5.91 Å². The molecule has 0 fully saturated rings. The van der Waals surface area contributed by atoms with Crippen LogP contribution in [0.2, 0.25) is 0 Å². The largest absolute Gasteiger partial charge is 0.491 e. The number of para-hydroxylation sites is 2. The number of fused-ring (bicyclic) bond motifs is 1. The molecule has 250 valence electrons. The van der Waals surface area contributed by atoms with Gasteiger partial charge in [0.2, 0.25) is 11.6 Å². The van der Waals surface area contributed by atoms with Crippen molar-refractivity contribution in [3.8, 4) is 5.75 Å². The summed E-state index contributed by atoms with van der Waals surface area (Å²) in [5.41, 5.74) is 10.1. The average Bonchev–Trinajstić information content (AvgIpc) is 3.50. The zero-order chi connectivity index (χ0) is 34.5. The van der Waals surface area contributed by atoms with Gasteiger partial charge in [-0.2, -0.15) is 8.78 Å². The van der Waals surface area contributed by atoms with Crippen molar-refractivity contribution in [1.29, 1.82) is 0 Å². The van der Waals surface area contributed by atoms with Crippen molar-refractivity contribution in [3.05, 3.63) is 167 Å². The lowest BCUT2D eigenvalue weighted by Crippen LogP contribution is -2.46.